The molecule has 0 fully saturated rings. The Morgan fingerprint density at radius 1 is 1.14 bits per heavy atom. The van der Waals surface area contributed by atoms with Gasteiger partial charge in [-0.15, -0.1) is 5.10 Å². The van der Waals surface area contributed by atoms with E-state index in [1.807, 2.05) is 45.0 Å². The molecule has 2 aromatic heterocycles. The van der Waals surface area contributed by atoms with Gasteiger partial charge in [-0.1, -0.05) is 0 Å². The van der Waals surface area contributed by atoms with Gasteiger partial charge in [-0.25, -0.2) is 4.98 Å². The number of rotatable bonds is 8. The van der Waals surface area contributed by atoms with Crippen LogP contribution in [0.3, 0.4) is 0 Å². The summed E-state index contributed by atoms with van der Waals surface area (Å²) in [4.78, 5) is 20.7. The van der Waals surface area contributed by atoms with Crippen molar-refractivity contribution in [1.29, 1.82) is 0 Å². The zero-order valence-corrected chi connectivity index (χ0v) is 16.2. The Morgan fingerprint density at radius 3 is 2.50 bits per heavy atom. The lowest BCUT2D eigenvalue weighted by Gasteiger charge is -2.11. The van der Waals surface area contributed by atoms with E-state index < -0.39 is 0 Å². The first-order valence-electron chi connectivity index (χ1n) is 9.08. The van der Waals surface area contributed by atoms with E-state index >= 15 is 0 Å². The van der Waals surface area contributed by atoms with Crippen molar-refractivity contribution < 1.29 is 14.3 Å². The number of nitrogen functional groups attached to an aromatic ring is 1. The second-order valence-corrected chi connectivity index (χ2v) is 6.22. The van der Waals surface area contributed by atoms with Crippen molar-refractivity contribution in [1.82, 2.24) is 24.9 Å². The topological polar surface area (TPSA) is 117 Å². The summed E-state index contributed by atoms with van der Waals surface area (Å²) in [7, 11) is 0. The summed E-state index contributed by atoms with van der Waals surface area (Å²) in [5.74, 6) is 2.00. The molecule has 0 radical (unpaired) electrons. The molecular formula is C19H24N6O3. The van der Waals surface area contributed by atoms with Gasteiger partial charge in [0.25, 0.3) is 5.78 Å². The molecule has 0 aliphatic carbocycles. The minimum absolute atomic E-state index is 0.115. The molecule has 0 saturated heterocycles. The van der Waals surface area contributed by atoms with Gasteiger partial charge in [-0.2, -0.15) is 9.50 Å². The quantitative estimate of drug-likeness (QED) is 0.565. The summed E-state index contributed by atoms with van der Waals surface area (Å²) in [6.45, 7) is 7.04. The molecule has 0 aliphatic rings. The monoisotopic (exact) mass is 384 g/mol. The molecule has 3 aromatic rings. The molecule has 0 spiro atoms. The van der Waals surface area contributed by atoms with Gasteiger partial charge in [-0.05, 0) is 45.0 Å². The number of carbonyl (C=O) groups excluding carboxylic acids is 1. The number of fused-ring (bicyclic) bond motifs is 1. The number of ether oxygens (including phenoxy) is 2. The van der Waals surface area contributed by atoms with Gasteiger partial charge >= 0.3 is 0 Å². The first-order chi connectivity index (χ1) is 13.5. The minimum Gasteiger partial charge on any atom is -0.494 e. The number of amides is 1. The van der Waals surface area contributed by atoms with E-state index in [-0.39, 0.29) is 18.3 Å². The summed E-state index contributed by atoms with van der Waals surface area (Å²) in [5, 5.41) is 6.96. The molecule has 2 heterocycles. The van der Waals surface area contributed by atoms with Crippen molar-refractivity contribution in [2.24, 2.45) is 0 Å². The zero-order chi connectivity index (χ0) is 20.1. The summed E-state index contributed by atoms with van der Waals surface area (Å²) in [5.41, 5.74) is 7.97. The van der Waals surface area contributed by atoms with Crippen LogP contribution in [0.25, 0.3) is 5.78 Å². The fraction of sp³-hybridized carbons (Fsp3) is 0.368. The number of anilines is 1. The highest BCUT2D eigenvalue weighted by Crippen LogP contribution is 2.17. The number of nitrogens with zero attached hydrogens (tertiary/aromatic N) is 4. The maximum absolute atomic E-state index is 12.3. The van der Waals surface area contributed by atoms with Gasteiger partial charge in [0.15, 0.2) is 0 Å². The Bertz CT molecular complexity index is 968. The van der Waals surface area contributed by atoms with E-state index in [1.165, 1.54) is 0 Å². The van der Waals surface area contributed by atoms with Crippen molar-refractivity contribution in [2.45, 2.75) is 27.2 Å². The highest BCUT2D eigenvalue weighted by molar-refractivity contribution is 5.79. The smallest absolute Gasteiger partial charge is 0.254 e. The van der Waals surface area contributed by atoms with Crippen molar-refractivity contribution in [3.8, 4) is 11.5 Å². The molecule has 0 saturated carbocycles. The Kier molecular flexibility index (Phi) is 5.93. The van der Waals surface area contributed by atoms with Crippen LogP contribution >= 0.6 is 0 Å². The fourth-order valence-electron chi connectivity index (χ4n) is 2.86. The lowest BCUT2D eigenvalue weighted by molar-refractivity contribution is -0.120. The standard InChI is InChI=1S/C19H24N6O3/c1-4-27-14-5-7-15(8-6-14)28-10-9-21-17(26)11-16-12(2)22-19-23-18(20)24-25(19)13(16)3/h5-8H,4,9-11H2,1-3H3,(H2,20,24)(H,21,26). The minimum atomic E-state index is -0.115. The predicted octanol–water partition coefficient (Wildman–Crippen LogP) is 1.46. The summed E-state index contributed by atoms with van der Waals surface area (Å²) in [6, 6.07) is 7.38. The number of hydrogen-bond acceptors (Lipinski definition) is 7. The van der Waals surface area contributed by atoms with Gasteiger partial charge in [0.1, 0.15) is 18.1 Å². The van der Waals surface area contributed by atoms with E-state index in [2.05, 4.69) is 20.4 Å². The normalized spacial score (nSPS) is 10.8. The van der Waals surface area contributed by atoms with E-state index in [0.717, 1.165) is 28.5 Å². The molecular weight excluding hydrogens is 360 g/mol. The van der Waals surface area contributed by atoms with Crippen molar-refractivity contribution in [2.75, 3.05) is 25.5 Å². The molecule has 148 valence electrons. The van der Waals surface area contributed by atoms with Crippen molar-refractivity contribution >= 4 is 17.6 Å². The molecule has 1 aromatic carbocycles. The third-order valence-corrected chi connectivity index (χ3v) is 4.23. The zero-order valence-electron chi connectivity index (χ0n) is 16.2. The van der Waals surface area contributed by atoms with Crippen LogP contribution < -0.4 is 20.5 Å². The van der Waals surface area contributed by atoms with Gasteiger partial charge in [0, 0.05) is 17.0 Å². The first-order valence-corrected chi connectivity index (χ1v) is 9.08. The number of hydrogen-bond donors (Lipinski definition) is 2. The molecule has 0 bridgehead atoms. The average Bonchev–Trinajstić information content (AvgIpc) is 3.04. The Hall–Kier alpha value is -3.36. The molecule has 0 unspecified atom stereocenters. The van der Waals surface area contributed by atoms with E-state index in [4.69, 9.17) is 15.2 Å². The fourth-order valence-corrected chi connectivity index (χ4v) is 2.86. The van der Waals surface area contributed by atoms with Crippen LogP contribution in [0.4, 0.5) is 5.95 Å². The maximum atomic E-state index is 12.3. The van der Waals surface area contributed by atoms with Crippen LogP contribution in [0.15, 0.2) is 24.3 Å². The Labute approximate surface area is 162 Å². The predicted molar refractivity (Wildman–Crippen MR) is 104 cm³/mol. The van der Waals surface area contributed by atoms with Crippen LogP contribution in [0.1, 0.15) is 23.9 Å². The van der Waals surface area contributed by atoms with Crippen LogP contribution in [0, 0.1) is 13.8 Å². The lowest BCUT2D eigenvalue weighted by Crippen LogP contribution is -2.30. The third-order valence-electron chi connectivity index (χ3n) is 4.23. The third kappa shape index (κ3) is 4.48. The summed E-state index contributed by atoms with van der Waals surface area (Å²) >= 11 is 0. The summed E-state index contributed by atoms with van der Waals surface area (Å²) < 4.78 is 12.6. The van der Waals surface area contributed by atoms with Gasteiger partial charge in [0.2, 0.25) is 11.9 Å². The van der Waals surface area contributed by atoms with Crippen molar-refractivity contribution in [3.63, 3.8) is 0 Å². The molecule has 28 heavy (non-hydrogen) atoms. The highest BCUT2D eigenvalue weighted by Gasteiger charge is 2.15. The number of nitrogens with two attached hydrogens (primary N) is 1. The molecule has 0 atom stereocenters. The number of aryl methyl sites for hydroxylation is 2. The largest absolute Gasteiger partial charge is 0.494 e. The molecule has 3 rings (SSSR count). The molecule has 9 heteroatoms. The number of aromatic nitrogens is 4. The Morgan fingerprint density at radius 2 is 1.82 bits per heavy atom. The average molecular weight is 384 g/mol. The van der Waals surface area contributed by atoms with Crippen LogP contribution in [-0.4, -0.2) is 45.2 Å². The van der Waals surface area contributed by atoms with Gasteiger partial charge in [0.05, 0.1) is 19.6 Å². The second kappa shape index (κ2) is 8.55. The number of nitrogens with one attached hydrogen (secondary N) is 1. The van der Waals surface area contributed by atoms with E-state index in [9.17, 15) is 4.79 Å². The molecule has 0 aliphatic heterocycles. The van der Waals surface area contributed by atoms with E-state index in [1.54, 1.807) is 4.52 Å². The SMILES string of the molecule is CCOc1ccc(OCCNC(=O)Cc2c(C)nc3nc(N)nn3c2C)cc1. The van der Waals surface area contributed by atoms with Crippen LogP contribution in [-0.2, 0) is 11.2 Å². The van der Waals surface area contributed by atoms with E-state index in [0.29, 0.717) is 25.5 Å². The first kappa shape index (κ1) is 19.4. The molecule has 3 N–H and O–H groups in total. The van der Waals surface area contributed by atoms with Gasteiger partial charge in [-0.3, -0.25) is 4.79 Å². The molecule has 9 nitrogen and oxygen atoms in total. The highest BCUT2D eigenvalue weighted by atomic mass is 16.5. The van der Waals surface area contributed by atoms with Crippen molar-refractivity contribution in [3.05, 3.63) is 41.2 Å². The maximum Gasteiger partial charge on any atom is 0.254 e. The Balaban J connectivity index is 1.51. The lowest BCUT2D eigenvalue weighted by atomic mass is 10.1. The number of carbonyl (C=O) groups is 1. The summed E-state index contributed by atoms with van der Waals surface area (Å²) in [6.07, 6.45) is 0.198. The van der Waals surface area contributed by atoms with Crippen LogP contribution in [0.5, 0.6) is 11.5 Å². The molecule has 1 amide bonds. The van der Waals surface area contributed by atoms with Gasteiger partial charge < -0.3 is 20.5 Å². The van der Waals surface area contributed by atoms with Crippen LogP contribution in [0.2, 0.25) is 0 Å². The second-order valence-electron chi connectivity index (χ2n) is 6.22. The number of benzene rings is 1.